The van der Waals surface area contributed by atoms with Gasteiger partial charge in [-0.2, -0.15) is 0 Å². The van der Waals surface area contributed by atoms with E-state index in [-0.39, 0.29) is 5.41 Å². The van der Waals surface area contributed by atoms with Crippen molar-refractivity contribution in [3.63, 3.8) is 0 Å². The van der Waals surface area contributed by atoms with E-state index in [0.29, 0.717) is 6.61 Å². The van der Waals surface area contributed by atoms with Gasteiger partial charge in [-0.05, 0) is 27.4 Å². The lowest BCUT2D eigenvalue weighted by molar-refractivity contribution is 0.181. The minimum absolute atomic E-state index is 0.0936. The van der Waals surface area contributed by atoms with E-state index in [2.05, 4.69) is 63.4 Å². The third-order valence-corrected chi connectivity index (χ3v) is 4.79. The molecule has 0 aliphatic carbocycles. The second-order valence-corrected chi connectivity index (χ2v) is 7.65. The van der Waals surface area contributed by atoms with Crippen LogP contribution in [0, 0.1) is 0 Å². The van der Waals surface area contributed by atoms with Gasteiger partial charge in [0.15, 0.2) is 0 Å². The van der Waals surface area contributed by atoms with Crippen molar-refractivity contribution in [3.05, 3.63) is 38.4 Å². The molecule has 4 nitrogen and oxygen atoms in total. The van der Waals surface area contributed by atoms with Gasteiger partial charge in [0, 0.05) is 27.9 Å². The maximum absolute atomic E-state index is 5.20. The summed E-state index contributed by atoms with van der Waals surface area (Å²) in [6.07, 6.45) is 0. The van der Waals surface area contributed by atoms with Crippen LogP contribution < -0.4 is 5.32 Å². The quantitative estimate of drug-likeness (QED) is 0.850. The highest BCUT2D eigenvalue weighted by molar-refractivity contribution is 9.10. The summed E-state index contributed by atoms with van der Waals surface area (Å²) < 4.78 is 6.32. The molecule has 0 aromatic carbocycles. The van der Waals surface area contributed by atoms with Gasteiger partial charge in [0.1, 0.15) is 11.6 Å². The standard InChI is InChI=1S/C15H20BrN3OS/c1-15(2,3)14-18-10(9-20-4)7-13(19-14)17-8-12-11(16)5-6-21-12/h5-7H,8-9H2,1-4H3,(H,17,18,19). The molecule has 0 atom stereocenters. The second kappa shape index (κ2) is 6.85. The number of anilines is 1. The summed E-state index contributed by atoms with van der Waals surface area (Å²) in [5.41, 5.74) is 0.800. The number of aromatic nitrogens is 2. The van der Waals surface area contributed by atoms with Crippen LogP contribution in [0.5, 0.6) is 0 Å². The van der Waals surface area contributed by atoms with Gasteiger partial charge >= 0.3 is 0 Å². The van der Waals surface area contributed by atoms with Crippen molar-refractivity contribution >= 4 is 33.1 Å². The smallest absolute Gasteiger partial charge is 0.136 e. The average molecular weight is 370 g/mol. The molecule has 0 amide bonds. The molecule has 0 spiro atoms. The number of thiophene rings is 1. The van der Waals surface area contributed by atoms with Gasteiger partial charge in [0.2, 0.25) is 0 Å². The molecular formula is C15H20BrN3OS. The average Bonchev–Trinajstić information content (AvgIpc) is 2.81. The Bertz CT molecular complexity index is 607. The Hall–Kier alpha value is -0.980. The molecule has 0 fully saturated rings. The maximum Gasteiger partial charge on any atom is 0.136 e. The highest BCUT2D eigenvalue weighted by atomic mass is 79.9. The normalized spacial score (nSPS) is 11.7. The third kappa shape index (κ3) is 4.49. The van der Waals surface area contributed by atoms with Gasteiger partial charge < -0.3 is 10.1 Å². The van der Waals surface area contributed by atoms with E-state index < -0.39 is 0 Å². The van der Waals surface area contributed by atoms with E-state index in [1.54, 1.807) is 18.4 Å². The number of hydrogen-bond donors (Lipinski definition) is 1. The summed E-state index contributed by atoms with van der Waals surface area (Å²) >= 11 is 5.26. The zero-order chi connectivity index (χ0) is 15.5. The number of methoxy groups -OCH3 is 1. The first kappa shape index (κ1) is 16.4. The van der Waals surface area contributed by atoms with Gasteiger partial charge in [0.25, 0.3) is 0 Å². The summed E-state index contributed by atoms with van der Waals surface area (Å²) in [4.78, 5) is 10.5. The number of rotatable bonds is 5. The largest absolute Gasteiger partial charge is 0.378 e. The molecule has 1 N–H and O–H groups in total. The van der Waals surface area contributed by atoms with Crippen molar-refractivity contribution in [1.82, 2.24) is 9.97 Å². The SMILES string of the molecule is COCc1cc(NCc2sccc2Br)nc(C(C)(C)C)n1. The molecule has 2 aromatic rings. The van der Waals surface area contributed by atoms with Crippen LogP contribution in [-0.2, 0) is 23.3 Å². The lowest BCUT2D eigenvalue weighted by Gasteiger charge is -2.19. The fourth-order valence-electron chi connectivity index (χ4n) is 1.77. The van der Waals surface area contributed by atoms with E-state index in [9.17, 15) is 0 Å². The number of halogens is 1. The summed E-state index contributed by atoms with van der Waals surface area (Å²) in [6.45, 7) is 7.56. The van der Waals surface area contributed by atoms with Crippen LogP contribution in [0.2, 0.25) is 0 Å². The first-order chi connectivity index (χ1) is 9.90. The summed E-state index contributed by atoms with van der Waals surface area (Å²) in [6, 6.07) is 4.00. The predicted molar refractivity (Wildman–Crippen MR) is 90.8 cm³/mol. The highest BCUT2D eigenvalue weighted by Crippen LogP contribution is 2.24. The van der Waals surface area contributed by atoms with Crippen LogP contribution in [0.1, 0.15) is 37.2 Å². The first-order valence-corrected chi connectivity index (χ1v) is 8.40. The number of nitrogens with one attached hydrogen (secondary N) is 1. The molecule has 2 rings (SSSR count). The fourth-order valence-corrected chi connectivity index (χ4v) is 3.20. The monoisotopic (exact) mass is 369 g/mol. The zero-order valence-corrected chi connectivity index (χ0v) is 15.1. The minimum atomic E-state index is -0.0936. The fraction of sp³-hybridized carbons (Fsp3) is 0.467. The van der Waals surface area contributed by atoms with Crippen LogP contribution in [0.25, 0.3) is 0 Å². The Balaban J connectivity index is 2.21. The van der Waals surface area contributed by atoms with Gasteiger partial charge in [-0.15, -0.1) is 11.3 Å². The molecular weight excluding hydrogens is 350 g/mol. The van der Waals surface area contributed by atoms with E-state index >= 15 is 0 Å². The molecule has 0 unspecified atom stereocenters. The molecule has 0 radical (unpaired) electrons. The summed E-state index contributed by atoms with van der Waals surface area (Å²) in [5, 5.41) is 5.44. The maximum atomic E-state index is 5.20. The molecule has 0 aliphatic heterocycles. The molecule has 0 saturated carbocycles. The van der Waals surface area contributed by atoms with Crippen LogP contribution >= 0.6 is 27.3 Å². The molecule has 0 aliphatic rings. The molecule has 0 bridgehead atoms. The highest BCUT2D eigenvalue weighted by Gasteiger charge is 2.19. The molecule has 21 heavy (non-hydrogen) atoms. The van der Waals surface area contributed by atoms with Gasteiger partial charge in [0.05, 0.1) is 18.8 Å². The Labute approximate surface area is 138 Å². The summed E-state index contributed by atoms with van der Waals surface area (Å²) in [7, 11) is 1.68. The van der Waals surface area contributed by atoms with Gasteiger partial charge in [-0.25, -0.2) is 9.97 Å². The second-order valence-electron chi connectivity index (χ2n) is 5.80. The molecule has 2 aromatic heterocycles. The molecule has 2 heterocycles. The topological polar surface area (TPSA) is 47.0 Å². The lowest BCUT2D eigenvalue weighted by Crippen LogP contribution is -2.18. The van der Waals surface area contributed by atoms with Crippen molar-refractivity contribution in [2.45, 2.75) is 39.3 Å². The number of ether oxygens (including phenoxy) is 1. The minimum Gasteiger partial charge on any atom is -0.378 e. The molecule has 114 valence electrons. The van der Waals surface area contributed by atoms with Crippen molar-refractivity contribution < 1.29 is 4.74 Å². The van der Waals surface area contributed by atoms with Crippen LogP contribution in [0.4, 0.5) is 5.82 Å². The molecule has 6 heteroatoms. The van der Waals surface area contributed by atoms with E-state index in [0.717, 1.165) is 28.4 Å². The zero-order valence-electron chi connectivity index (χ0n) is 12.7. The van der Waals surface area contributed by atoms with Crippen molar-refractivity contribution in [2.75, 3.05) is 12.4 Å². The van der Waals surface area contributed by atoms with Crippen LogP contribution in [0.3, 0.4) is 0 Å². The van der Waals surface area contributed by atoms with Crippen LogP contribution in [-0.4, -0.2) is 17.1 Å². The van der Waals surface area contributed by atoms with Crippen molar-refractivity contribution in [2.24, 2.45) is 0 Å². The van der Waals surface area contributed by atoms with E-state index in [4.69, 9.17) is 4.74 Å². The summed E-state index contributed by atoms with van der Waals surface area (Å²) in [5.74, 6) is 1.66. The van der Waals surface area contributed by atoms with E-state index in [1.165, 1.54) is 4.88 Å². The Kier molecular flexibility index (Phi) is 5.35. The number of nitrogens with zero attached hydrogens (tertiary/aromatic N) is 2. The van der Waals surface area contributed by atoms with Gasteiger partial charge in [-0.3, -0.25) is 0 Å². The Morgan fingerprint density at radius 3 is 2.67 bits per heavy atom. The first-order valence-electron chi connectivity index (χ1n) is 6.73. The Morgan fingerprint density at radius 1 is 1.33 bits per heavy atom. The lowest BCUT2D eigenvalue weighted by atomic mass is 9.95. The predicted octanol–water partition coefficient (Wildman–Crippen LogP) is 4.36. The van der Waals surface area contributed by atoms with Gasteiger partial charge in [-0.1, -0.05) is 20.8 Å². The van der Waals surface area contributed by atoms with Crippen LogP contribution in [0.15, 0.2) is 22.0 Å². The van der Waals surface area contributed by atoms with Crippen molar-refractivity contribution in [3.8, 4) is 0 Å². The Morgan fingerprint density at radius 2 is 2.10 bits per heavy atom. The molecule has 0 saturated heterocycles. The number of hydrogen-bond acceptors (Lipinski definition) is 5. The van der Waals surface area contributed by atoms with Crippen molar-refractivity contribution in [1.29, 1.82) is 0 Å². The third-order valence-electron chi connectivity index (χ3n) is 2.86. The van der Waals surface area contributed by atoms with E-state index in [1.807, 2.05) is 6.07 Å².